The molecule has 0 aliphatic carbocycles. The van der Waals surface area contributed by atoms with E-state index in [0.717, 1.165) is 12.8 Å². The van der Waals surface area contributed by atoms with Crippen LogP contribution in [0, 0.1) is 11.3 Å². The minimum absolute atomic E-state index is 0.0319. The molecule has 3 N–H and O–H groups in total. The molecule has 0 bridgehead atoms. The fourth-order valence-electron chi connectivity index (χ4n) is 2.14. The van der Waals surface area contributed by atoms with Gasteiger partial charge in [-0.05, 0) is 18.3 Å². The molecule has 0 aromatic carbocycles. The van der Waals surface area contributed by atoms with Gasteiger partial charge in [-0.2, -0.15) is 0 Å². The van der Waals surface area contributed by atoms with E-state index in [1.807, 2.05) is 6.92 Å². The van der Waals surface area contributed by atoms with E-state index in [-0.39, 0.29) is 6.04 Å². The third-order valence-electron chi connectivity index (χ3n) is 3.50. The number of carboxylic acids is 1. The minimum Gasteiger partial charge on any atom is -0.480 e. The smallest absolute Gasteiger partial charge is 0.326 e. The van der Waals surface area contributed by atoms with Crippen LogP contribution in [0.2, 0.25) is 0 Å². The maximum absolute atomic E-state index is 11.9. The Morgan fingerprint density at radius 3 is 1.89 bits per heavy atom. The molecule has 0 heterocycles. The van der Waals surface area contributed by atoms with Crippen molar-refractivity contribution in [1.82, 2.24) is 10.6 Å². The second-order valence-electron chi connectivity index (χ2n) is 6.12. The number of hydrogen-bond acceptors (Lipinski definition) is 2. The zero-order valence-electron chi connectivity index (χ0n) is 12.9. The summed E-state index contributed by atoms with van der Waals surface area (Å²) >= 11 is 0. The van der Waals surface area contributed by atoms with Crippen molar-refractivity contribution < 1.29 is 14.7 Å². The SMILES string of the molecule is CCC(CC)C(C)NC(=O)NC(C(=O)O)C(C)(C)C. The summed E-state index contributed by atoms with van der Waals surface area (Å²) in [6, 6.07) is -1.28. The lowest BCUT2D eigenvalue weighted by Gasteiger charge is -2.29. The Morgan fingerprint density at radius 1 is 1.11 bits per heavy atom. The Morgan fingerprint density at radius 2 is 1.58 bits per heavy atom. The Hall–Kier alpha value is -1.26. The van der Waals surface area contributed by atoms with Crippen molar-refractivity contribution in [3.63, 3.8) is 0 Å². The molecule has 0 aliphatic rings. The lowest BCUT2D eigenvalue weighted by atomic mass is 9.87. The molecule has 2 amide bonds. The molecule has 2 atom stereocenters. The standard InChI is InChI=1S/C14H28N2O3/c1-7-10(8-2)9(3)15-13(19)16-11(12(17)18)14(4,5)6/h9-11H,7-8H2,1-6H3,(H,17,18)(H2,15,16,19). The predicted octanol–water partition coefficient (Wildman–Crippen LogP) is 2.61. The van der Waals surface area contributed by atoms with E-state index >= 15 is 0 Å². The third-order valence-corrected chi connectivity index (χ3v) is 3.50. The molecule has 0 saturated heterocycles. The van der Waals surface area contributed by atoms with E-state index in [2.05, 4.69) is 24.5 Å². The summed E-state index contributed by atoms with van der Waals surface area (Å²) in [6.45, 7) is 11.5. The van der Waals surface area contributed by atoms with Crippen LogP contribution in [-0.2, 0) is 4.79 Å². The van der Waals surface area contributed by atoms with Gasteiger partial charge in [-0.25, -0.2) is 9.59 Å². The van der Waals surface area contributed by atoms with Crippen molar-refractivity contribution in [1.29, 1.82) is 0 Å². The monoisotopic (exact) mass is 272 g/mol. The van der Waals surface area contributed by atoms with Gasteiger partial charge in [0.25, 0.3) is 0 Å². The summed E-state index contributed by atoms with van der Waals surface area (Å²) in [5.41, 5.74) is -0.526. The Bertz CT molecular complexity index is 306. The van der Waals surface area contributed by atoms with Crippen molar-refractivity contribution in [3.8, 4) is 0 Å². The van der Waals surface area contributed by atoms with Gasteiger partial charge in [0.05, 0.1) is 0 Å². The first-order valence-corrected chi connectivity index (χ1v) is 6.93. The second kappa shape index (κ2) is 7.36. The zero-order chi connectivity index (χ0) is 15.2. The molecule has 0 saturated carbocycles. The fourth-order valence-corrected chi connectivity index (χ4v) is 2.14. The molecule has 19 heavy (non-hydrogen) atoms. The highest BCUT2D eigenvalue weighted by Crippen LogP contribution is 2.19. The van der Waals surface area contributed by atoms with Crippen LogP contribution < -0.4 is 10.6 Å². The van der Waals surface area contributed by atoms with E-state index in [0.29, 0.717) is 5.92 Å². The highest BCUT2D eigenvalue weighted by Gasteiger charge is 2.33. The number of carbonyl (C=O) groups is 2. The number of carboxylic acid groups (broad SMARTS) is 1. The number of amides is 2. The highest BCUT2D eigenvalue weighted by atomic mass is 16.4. The Balaban J connectivity index is 4.56. The van der Waals surface area contributed by atoms with Crippen LogP contribution in [0.25, 0.3) is 0 Å². The highest BCUT2D eigenvalue weighted by molar-refractivity contribution is 5.83. The zero-order valence-corrected chi connectivity index (χ0v) is 12.9. The van der Waals surface area contributed by atoms with Gasteiger partial charge >= 0.3 is 12.0 Å². The minimum atomic E-state index is -1.02. The number of nitrogens with one attached hydrogen (secondary N) is 2. The van der Waals surface area contributed by atoms with E-state index < -0.39 is 23.5 Å². The van der Waals surface area contributed by atoms with Crippen molar-refractivity contribution in [2.24, 2.45) is 11.3 Å². The lowest BCUT2D eigenvalue weighted by Crippen LogP contribution is -2.54. The van der Waals surface area contributed by atoms with Crippen molar-refractivity contribution in [2.75, 3.05) is 0 Å². The van der Waals surface area contributed by atoms with Crippen LogP contribution in [0.4, 0.5) is 4.79 Å². The van der Waals surface area contributed by atoms with Crippen molar-refractivity contribution in [3.05, 3.63) is 0 Å². The molecule has 112 valence electrons. The molecule has 0 fully saturated rings. The average molecular weight is 272 g/mol. The first-order chi connectivity index (χ1) is 8.63. The fraction of sp³-hybridized carbons (Fsp3) is 0.857. The summed E-state index contributed by atoms with van der Waals surface area (Å²) in [7, 11) is 0. The number of hydrogen-bond donors (Lipinski definition) is 3. The maximum Gasteiger partial charge on any atom is 0.326 e. The van der Waals surface area contributed by atoms with E-state index in [1.54, 1.807) is 20.8 Å². The van der Waals surface area contributed by atoms with Gasteiger partial charge in [0.1, 0.15) is 6.04 Å². The van der Waals surface area contributed by atoms with Gasteiger partial charge in [-0.3, -0.25) is 0 Å². The summed E-state index contributed by atoms with van der Waals surface area (Å²) in [6.07, 6.45) is 1.97. The second-order valence-corrected chi connectivity index (χ2v) is 6.12. The van der Waals surface area contributed by atoms with Gasteiger partial charge in [-0.1, -0.05) is 47.5 Å². The Labute approximate surface area is 116 Å². The maximum atomic E-state index is 11.9. The third kappa shape index (κ3) is 5.94. The summed E-state index contributed by atoms with van der Waals surface area (Å²) in [5, 5.41) is 14.5. The first-order valence-electron chi connectivity index (χ1n) is 6.93. The molecule has 2 unspecified atom stereocenters. The molecular formula is C14H28N2O3. The molecule has 0 aromatic rings. The van der Waals surface area contributed by atoms with Crippen LogP contribution in [-0.4, -0.2) is 29.2 Å². The normalized spacial score (nSPS) is 14.9. The number of urea groups is 1. The molecule has 5 nitrogen and oxygen atoms in total. The van der Waals surface area contributed by atoms with E-state index in [4.69, 9.17) is 5.11 Å². The summed E-state index contributed by atoms with van der Waals surface area (Å²) in [5.74, 6) is -0.610. The quantitative estimate of drug-likeness (QED) is 0.695. The summed E-state index contributed by atoms with van der Waals surface area (Å²) in [4.78, 5) is 23.0. The lowest BCUT2D eigenvalue weighted by molar-refractivity contribution is -0.141. The molecule has 0 radical (unpaired) electrons. The van der Waals surface area contributed by atoms with Crippen molar-refractivity contribution in [2.45, 2.75) is 66.5 Å². The Kier molecular flexibility index (Phi) is 6.87. The molecule has 0 aliphatic heterocycles. The topological polar surface area (TPSA) is 78.4 Å². The van der Waals surface area contributed by atoms with Crippen LogP contribution >= 0.6 is 0 Å². The van der Waals surface area contributed by atoms with Crippen LogP contribution in [0.5, 0.6) is 0 Å². The molecule has 5 heteroatoms. The van der Waals surface area contributed by atoms with Crippen LogP contribution in [0.1, 0.15) is 54.4 Å². The first kappa shape index (κ1) is 17.7. The number of carbonyl (C=O) groups excluding carboxylic acids is 1. The van der Waals surface area contributed by atoms with E-state index in [9.17, 15) is 9.59 Å². The van der Waals surface area contributed by atoms with Crippen LogP contribution in [0.15, 0.2) is 0 Å². The summed E-state index contributed by atoms with van der Waals surface area (Å²) < 4.78 is 0. The number of aliphatic carboxylic acids is 1. The van der Waals surface area contributed by atoms with Crippen molar-refractivity contribution >= 4 is 12.0 Å². The van der Waals surface area contributed by atoms with Gasteiger partial charge < -0.3 is 15.7 Å². The van der Waals surface area contributed by atoms with Crippen LogP contribution in [0.3, 0.4) is 0 Å². The molecule has 0 spiro atoms. The van der Waals surface area contributed by atoms with E-state index in [1.165, 1.54) is 0 Å². The average Bonchev–Trinajstić information content (AvgIpc) is 2.25. The molecule has 0 rings (SSSR count). The number of rotatable bonds is 6. The van der Waals surface area contributed by atoms with Gasteiger partial charge in [0.2, 0.25) is 0 Å². The molecule has 0 aromatic heterocycles. The van der Waals surface area contributed by atoms with Gasteiger partial charge in [0, 0.05) is 6.04 Å². The molecular weight excluding hydrogens is 244 g/mol. The largest absolute Gasteiger partial charge is 0.480 e. The van der Waals surface area contributed by atoms with Gasteiger partial charge in [0.15, 0.2) is 0 Å². The predicted molar refractivity (Wildman–Crippen MR) is 76.1 cm³/mol. The van der Waals surface area contributed by atoms with Gasteiger partial charge in [-0.15, -0.1) is 0 Å².